The molecule has 1 atom stereocenters. The minimum atomic E-state index is 0. The van der Waals surface area contributed by atoms with Crippen LogP contribution in [0.5, 0.6) is 0 Å². The Morgan fingerprint density at radius 3 is 2.79 bits per heavy atom. The number of aliphatic imine (C=N–C) groups is 1. The summed E-state index contributed by atoms with van der Waals surface area (Å²) < 4.78 is 0. The topological polar surface area (TPSA) is 52.6 Å². The van der Waals surface area contributed by atoms with Crippen molar-refractivity contribution in [3.05, 3.63) is 45.9 Å². The number of thiazole rings is 1. The smallest absolute Gasteiger partial charge is 0.191 e. The van der Waals surface area contributed by atoms with Crippen molar-refractivity contribution in [2.75, 3.05) is 31.6 Å². The third-order valence-corrected chi connectivity index (χ3v) is 6.20. The quantitative estimate of drug-likeness (QED) is 0.328. The normalized spacial score (nSPS) is 15.2. The molecule has 1 unspecified atom stereocenters. The fraction of sp³-hybridized carbons (Fsp3) is 0.524. The molecule has 5 nitrogen and oxygen atoms in total. The number of nitrogens with zero attached hydrogens (tertiary/aromatic N) is 3. The molecule has 1 aliphatic rings. The van der Waals surface area contributed by atoms with Gasteiger partial charge in [0, 0.05) is 49.9 Å². The number of halogens is 1. The van der Waals surface area contributed by atoms with E-state index in [-0.39, 0.29) is 30.0 Å². The van der Waals surface area contributed by atoms with E-state index in [1.54, 1.807) is 11.3 Å². The molecular weight excluding hydrogens is 481 g/mol. The summed E-state index contributed by atoms with van der Waals surface area (Å²) in [5.74, 6) is 0.835. The Bertz CT molecular complexity index is 755. The lowest BCUT2D eigenvalue weighted by Gasteiger charge is -2.22. The Morgan fingerprint density at radius 1 is 1.32 bits per heavy atom. The second kappa shape index (κ2) is 11.6. The van der Waals surface area contributed by atoms with E-state index in [0.717, 1.165) is 25.3 Å². The van der Waals surface area contributed by atoms with Gasteiger partial charge < -0.3 is 15.5 Å². The van der Waals surface area contributed by atoms with Crippen LogP contribution in [0.2, 0.25) is 0 Å². The Labute approximate surface area is 190 Å². The molecule has 1 aromatic carbocycles. The van der Waals surface area contributed by atoms with Gasteiger partial charge in [0.25, 0.3) is 0 Å². The molecule has 1 saturated heterocycles. The van der Waals surface area contributed by atoms with Crippen molar-refractivity contribution >= 4 is 47.0 Å². The van der Waals surface area contributed by atoms with Gasteiger partial charge in [-0.15, -0.1) is 35.3 Å². The highest BCUT2D eigenvalue weighted by Gasteiger charge is 2.14. The second-order valence-electron chi connectivity index (χ2n) is 6.98. The summed E-state index contributed by atoms with van der Waals surface area (Å²) in [5.41, 5.74) is 2.62. The summed E-state index contributed by atoms with van der Waals surface area (Å²) in [6.07, 6.45) is 6.57. The van der Waals surface area contributed by atoms with Crippen LogP contribution >= 0.6 is 35.3 Å². The maximum atomic E-state index is 4.48. The Kier molecular flexibility index (Phi) is 9.50. The van der Waals surface area contributed by atoms with Crippen LogP contribution in [0.15, 0.2) is 35.5 Å². The van der Waals surface area contributed by atoms with Gasteiger partial charge >= 0.3 is 0 Å². The van der Waals surface area contributed by atoms with Gasteiger partial charge in [0.05, 0.1) is 11.0 Å². The zero-order valence-electron chi connectivity index (χ0n) is 17.1. The number of benzene rings is 1. The van der Waals surface area contributed by atoms with Gasteiger partial charge in [0.2, 0.25) is 0 Å². The molecule has 0 bridgehead atoms. The number of rotatable bonds is 7. The van der Waals surface area contributed by atoms with Gasteiger partial charge in [-0.1, -0.05) is 19.1 Å². The molecule has 2 N–H and O–H groups in total. The number of hydrogen-bond donors (Lipinski definition) is 2. The molecule has 3 rings (SSSR count). The van der Waals surface area contributed by atoms with Gasteiger partial charge in [0.1, 0.15) is 0 Å². The fourth-order valence-corrected chi connectivity index (χ4v) is 4.23. The first kappa shape index (κ1) is 22.9. The lowest BCUT2D eigenvalue weighted by molar-refractivity contribution is 0.683. The highest BCUT2D eigenvalue weighted by atomic mass is 127. The number of aryl methyl sites for hydroxylation is 1. The van der Waals surface area contributed by atoms with Gasteiger partial charge in [-0.3, -0.25) is 4.99 Å². The molecule has 154 valence electrons. The summed E-state index contributed by atoms with van der Waals surface area (Å²) in [7, 11) is 1.82. The highest BCUT2D eigenvalue weighted by molar-refractivity contribution is 14.0. The molecule has 2 heterocycles. The summed E-state index contributed by atoms with van der Waals surface area (Å²) in [4.78, 5) is 12.7. The first-order valence-electron chi connectivity index (χ1n) is 9.95. The van der Waals surface area contributed by atoms with Crippen molar-refractivity contribution in [1.82, 2.24) is 15.6 Å². The van der Waals surface area contributed by atoms with E-state index in [1.165, 1.54) is 47.1 Å². The zero-order valence-corrected chi connectivity index (χ0v) is 20.2. The van der Waals surface area contributed by atoms with Crippen LogP contribution in [0, 0.1) is 0 Å². The molecule has 1 aliphatic heterocycles. The first-order chi connectivity index (χ1) is 13.2. The molecule has 1 aromatic heterocycles. The van der Waals surface area contributed by atoms with Crippen molar-refractivity contribution in [3.8, 4) is 0 Å². The van der Waals surface area contributed by atoms with Crippen molar-refractivity contribution in [3.63, 3.8) is 0 Å². The third-order valence-electron chi connectivity index (χ3n) is 5.00. The van der Waals surface area contributed by atoms with E-state index in [0.29, 0.717) is 0 Å². The maximum Gasteiger partial charge on any atom is 0.191 e. The van der Waals surface area contributed by atoms with E-state index in [4.69, 9.17) is 0 Å². The summed E-state index contributed by atoms with van der Waals surface area (Å²) in [5, 5.41) is 8.10. The van der Waals surface area contributed by atoms with Gasteiger partial charge in [-0.05, 0) is 43.9 Å². The van der Waals surface area contributed by atoms with Crippen LogP contribution in [0.25, 0.3) is 0 Å². The summed E-state index contributed by atoms with van der Waals surface area (Å²) >= 11 is 1.80. The molecular formula is C21H32IN5S. The molecule has 2 aromatic rings. The molecule has 0 saturated carbocycles. The number of aromatic nitrogens is 1. The zero-order chi connectivity index (χ0) is 19.1. The predicted octanol–water partition coefficient (Wildman–Crippen LogP) is 4.39. The average molecular weight is 513 g/mol. The minimum absolute atomic E-state index is 0. The lowest BCUT2D eigenvalue weighted by atomic mass is 10.1. The molecule has 1 fully saturated rings. The van der Waals surface area contributed by atoms with Crippen LogP contribution in [0.1, 0.15) is 48.2 Å². The van der Waals surface area contributed by atoms with E-state index >= 15 is 0 Å². The van der Waals surface area contributed by atoms with Crippen LogP contribution in [0.4, 0.5) is 5.69 Å². The van der Waals surface area contributed by atoms with Crippen LogP contribution in [-0.4, -0.2) is 37.6 Å². The fourth-order valence-electron chi connectivity index (χ4n) is 3.36. The molecule has 0 spiro atoms. The van der Waals surface area contributed by atoms with Gasteiger partial charge in [0.15, 0.2) is 5.96 Å². The molecule has 7 heteroatoms. The minimum Gasteiger partial charge on any atom is -0.372 e. The summed E-state index contributed by atoms with van der Waals surface area (Å²) in [6.45, 7) is 7.53. The molecule has 0 radical (unpaired) electrons. The van der Waals surface area contributed by atoms with E-state index < -0.39 is 0 Å². The van der Waals surface area contributed by atoms with Crippen molar-refractivity contribution in [2.24, 2.45) is 4.99 Å². The van der Waals surface area contributed by atoms with Crippen LogP contribution in [-0.2, 0) is 12.8 Å². The first-order valence-corrected chi connectivity index (χ1v) is 10.8. The Morgan fingerprint density at radius 2 is 2.11 bits per heavy atom. The monoisotopic (exact) mass is 513 g/mol. The number of anilines is 1. The summed E-state index contributed by atoms with van der Waals surface area (Å²) in [6, 6.07) is 9.06. The molecule has 0 amide bonds. The Balaban J connectivity index is 0.00000280. The van der Waals surface area contributed by atoms with Crippen molar-refractivity contribution < 1.29 is 0 Å². The number of guanidine groups is 1. The van der Waals surface area contributed by atoms with Crippen LogP contribution in [0.3, 0.4) is 0 Å². The van der Waals surface area contributed by atoms with Crippen molar-refractivity contribution in [1.29, 1.82) is 0 Å². The second-order valence-corrected chi connectivity index (χ2v) is 8.18. The van der Waals surface area contributed by atoms with Crippen LogP contribution < -0.4 is 15.5 Å². The number of nitrogens with one attached hydrogen (secondary N) is 2. The standard InChI is InChI=1S/C21H31N5S.HI/c1-4-19-15-24-20(27-19)10-11-23-21(22-3)25-16(2)17-8-7-9-18(14-17)26-12-5-6-13-26;/h7-9,14-16H,4-6,10-13H2,1-3H3,(H2,22,23,25);1H. The lowest BCUT2D eigenvalue weighted by Crippen LogP contribution is -2.39. The van der Waals surface area contributed by atoms with E-state index in [1.807, 2.05) is 13.2 Å². The molecule has 28 heavy (non-hydrogen) atoms. The van der Waals surface area contributed by atoms with E-state index in [2.05, 4.69) is 63.6 Å². The van der Waals surface area contributed by atoms with Gasteiger partial charge in [-0.2, -0.15) is 0 Å². The maximum absolute atomic E-state index is 4.48. The average Bonchev–Trinajstić information content (AvgIpc) is 3.39. The van der Waals surface area contributed by atoms with Crippen molar-refractivity contribution in [2.45, 2.75) is 45.6 Å². The third kappa shape index (κ3) is 6.34. The van der Waals surface area contributed by atoms with E-state index in [9.17, 15) is 0 Å². The number of hydrogen-bond acceptors (Lipinski definition) is 4. The highest BCUT2D eigenvalue weighted by Crippen LogP contribution is 2.24. The largest absolute Gasteiger partial charge is 0.372 e. The molecule has 0 aliphatic carbocycles. The SMILES string of the molecule is CCc1cnc(CCNC(=NC)NC(C)c2cccc(N3CCCC3)c2)s1.I. The Hall–Kier alpha value is -1.35. The van der Waals surface area contributed by atoms with Gasteiger partial charge in [-0.25, -0.2) is 4.98 Å². The predicted molar refractivity (Wildman–Crippen MR) is 131 cm³/mol.